The highest BCUT2D eigenvalue weighted by Gasteiger charge is 2.28. The summed E-state index contributed by atoms with van der Waals surface area (Å²) in [5, 5.41) is 3.78. The lowest BCUT2D eigenvalue weighted by Crippen LogP contribution is -2.50. The van der Waals surface area contributed by atoms with Gasteiger partial charge in [0, 0.05) is 12.0 Å². The van der Waals surface area contributed by atoms with Crippen LogP contribution in [0.5, 0.6) is 5.88 Å². The third kappa shape index (κ3) is 5.67. The fourth-order valence-electron chi connectivity index (χ4n) is 5.54. The first kappa shape index (κ1) is 29.4. The van der Waals surface area contributed by atoms with Gasteiger partial charge in [-0.15, -0.1) is 0 Å². The number of hydrogen-bond acceptors (Lipinski definition) is 9. The van der Waals surface area contributed by atoms with E-state index in [2.05, 4.69) is 44.3 Å². The first-order valence-corrected chi connectivity index (χ1v) is 16.0. The number of nitrogens with two attached hydrogens (primary N) is 1. The summed E-state index contributed by atoms with van der Waals surface area (Å²) in [5.74, 6) is 1.48. The van der Waals surface area contributed by atoms with Crippen LogP contribution in [-0.4, -0.2) is 60.2 Å². The monoisotopic (exact) mass is 623 g/mol. The molecule has 2 aliphatic rings. The van der Waals surface area contributed by atoms with E-state index in [9.17, 15) is 8.42 Å². The molecular formula is C30H34ClN7O4S. The van der Waals surface area contributed by atoms with Crippen molar-refractivity contribution in [2.24, 2.45) is 0 Å². The number of allylic oxidation sites excluding steroid dienone is 1. The Morgan fingerprint density at radius 3 is 2.58 bits per heavy atom. The molecule has 1 unspecified atom stereocenters. The van der Waals surface area contributed by atoms with Crippen LogP contribution in [0, 0.1) is 0 Å². The van der Waals surface area contributed by atoms with Crippen LogP contribution in [0.4, 0.5) is 11.6 Å². The van der Waals surface area contributed by atoms with Crippen LogP contribution >= 0.6 is 11.6 Å². The first-order valence-electron chi connectivity index (χ1n) is 14.2. The highest BCUT2D eigenvalue weighted by atomic mass is 35.5. The summed E-state index contributed by atoms with van der Waals surface area (Å²) in [6, 6.07) is 10.3. The number of sulfonamides is 1. The lowest BCUT2D eigenvalue weighted by atomic mass is 9.92. The maximum atomic E-state index is 13.0. The summed E-state index contributed by atoms with van der Waals surface area (Å²) in [5.41, 5.74) is 10.4. The zero-order valence-corrected chi connectivity index (χ0v) is 25.7. The van der Waals surface area contributed by atoms with Crippen molar-refractivity contribution >= 4 is 44.3 Å². The third-order valence-electron chi connectivity index (χ3n) is 7.75. The number of halogens is 1. The predicted molar refractivity (Wildman–Crippen MR) is 167 cm³/mol. The van der Waals surface area contributed by atoms with Crippen molar-refractivity contribution in [3.63, 3.8) is 0 Å². The molecule has 4 heterocycles. The quantitative estimate of drug-likeness (QED) is 0.237. The van der Waals surface area contributed by atoms with Crippen LogP contribution in [-0.2, 0) is 14.8 Å². The normalized spacial score (nSPS) is 17.6. The van der Waals surface area contributed by atoms with Crippen LogP contribution in [0.25, 0.3) is 22.3 Å². The molecule has 1 aliphatic heterocycles. The molecule has 1 atom stereocenters. The molecule has 43 heavy (non-hydrogen) atoms. The van der Waals surface area contributed by atoms with Gasteiger partial charge in [0.1, 0.15) is 33.6 Å². The summed E-state index contributed by atoms with van der Waals surface area (Å²) in [4.78, 5) is 14.0. The van der Waals surface area contributed by atoms with E-state index in [-0.39, 0.29) is 27.5 Å². The van der Waals surface area contributed by atoms with Crippen LogP contribution in [0.15, 0.2) is 53.6 Å². The number of nitrogens with zero attached hydrogens (tertiary/aromatic N) is 4. The lowest BCUT2D eigenvalue weighted by Gasteiger charge is -2.33. The van der Waals surface area contributed by atoms with Gasteiger partial charge in [0.05, 0.1) is 48.8 Å². The number of benzene rings is 1. The molecule has 11 nitrogen and oxygen atoms in total. The smallest absolute Gasteiger partial charge is 0.264 e. The molecule has 1 aliphatic carbocycles. The average molecular weight is 624 g/mol. The molecule has 1 saturated heterocycles. The molecule has 13 heteroatoms. The van der Waals surface area contributed by atoms with Gasteiger partial charge in [-0.25, -0.2) is 18.4 Å². The summed E-state index contributed by atoms with van der Waals surface area (Å²) in [6.45, 7) is 5.71. The van der Waals surface area contributed by atoms with Crippen molar-refractivity contribution in [1.82, 2.24) is 24.7 Å². The number of ether oxygens (including phenoxy) is 2. The molecule has 1 fully saturated rings. The molecule has 0 spiro atoms. The van der Waals surface area contributed by atoms with Gasteiger partial charge in [0.25, 0.3) is 10.0 Å². The molecule has 3 aromatic heterocycles. The Balaban J connectivity index is 1.39. The summed E-state index contributed by atoms with van der Waals surface area (Å²) in [7, 11) is -2.52. The topological polar surface area (TPSA) is 146 Å². The maximum Gasteiger partial charge on any atom is 0.264 e. The standard InChI is InChI=1S/C30H34ClN7O4S/c1-17(2)29-36-26(21-12-13-25(35-30(21)41-3)37-43(39,40)24-7-5-4-6-22(24)31)27-28(32)33-14-23(38(27)29)18-8-10-19(11-9-18)34-20-15-42-16-20/h4-8,12-14,17,19-20,34H,9-11,15-16H2,1-3H3,(H2,32,33)(H,35,37). The number of rotatable bonds is 9. The Labute approximate surface area is 255 Å². The number of aromatic nitrogens is 4. The second-order valence-electron chi connectivity index (χ2n) is 11.1. The number of imidazole rings is 1. The van der Waals surface area contributed by atoms with E-state index in [0.717, 1.165) is 44.0 Å². The average Bonchev–Trinajstić information content (AvgIpc) is 3.37. The molecule has 0 radical (unpaired) electrons. The fourth-order valence-corrected chi connectivity index (χ4v) is 7.06. The van der Waals surface area contributed by atoms with E-state index in [4.69, 9.17) is 31.8 Å². The molecule has 4 aromatic rings. The Hall–Kier alpha value is -3.71. The molecular weight excluding hydrogens is 590 g/mol. The van der Waals surface area contributed by atoms with E-state index in [1.54, 1.807) is 24.3 Å². The van der Waals surface area contributed by atoms with Crippen molar-refractivity contribution in [1.29, 1.82) is 0 Å². The lowest BCUT2D eigenvalue weighted by molar-refractivity contribution is -0.0103. The van der Waals surface area contributed by atoms with Crippen LogP contribution in [0.1, 0.15) is 50.5 Å². The number of nitrogen functional groups attached to an aromatic ring is 1. The van der Waals surface area contributed by atoms with Crippen molar-refractivity contribution in [3.05, 3.63) is 65.2 Å². The van der Waals surface area contributed by atoms with Gasteiger partial charge in [-0.2, -0.15) is 4.98 Å². The highest BCUT2D eigenvalue weighted by Crippen LogP contribution is 2.39. The van der Waals surface area contributed by atoms with Gasteiger partial charge < -0.3 is 20.5 Å². The van der Waals surface area contributed by atoms with Gasteiger partial charge in [-0.3, -0.25) is 9.12 Å². The third-order valence-corrected chi connectivity index (χ3v) is 9.61. The maximum absolute atomic E-state index is 13.0. The number of hydrogen-bond donors (Lipinski definition) is 3. The Morgan fingerprint density at radius 1 is 1.14 bits per heavy atom. The second kappa shape index (κ2) is 11.8. The number of pyridine rings is 1. The van der Waals surface area contributed by atoms with Gasteiger partial charge in [-0.1, -0.05) is 43.7 Å². The van der Waals surface area contributed by atoms with Crippen LogP contribution in [0.3, 0.4) is 0 Å². The van der Waals surface area contributed by atoms with Crippen molar-refractivity contribution in [2.45, 2.75) is 56.0 Å². The fraction of sp³-hybridized carbons (Fsp3) is 0.367. The summed E-state index contributed by atoms with van der Waals surface area (Å²) < 4.78 is 41.6. The SMILES string of the molecule is COc1nc(NS(=O)(=O)c2ccccc2Cl)ccc1-c1nc(C(C)C)n2c(C3=CCC(NC4COC4)CC3)cnc(N)c12. The Morgan fingerprint density at radius 2 is 1.93 bits per heavy atom. The van der Waals surface area contributed by atoms with E-state index < -0.39 is 10.0 Å². The first-order chi connectivity index (χ1) is 20.7. The molecule has 0 bridgehead atoms. The van der Waals surface area contributed by atoms with Crippen LogP contribution < -0.4 is 20.5 Å². The van der Waals surface area contributed by atoms with Crippen molar-refractivity contribution in [2.75, 3.05) is 30.8 Å². The molecule has 1 aromatic carbocycles. The summed E-state index contributed by atoms with van der Waals surface area (Å²) >= 11 is 6.14. The van der Waals surface area contributed by atoms with E-state index in [1.807, 2.05) is 6.20 Å². The van der Waals surface area contributed by atoms with Gasteiger partial charge in [0.15, 0.2) is 0 Å². The van der Waals surface area contributed by atoms with Crippen LogP contribution in [0.2, 0.25) is 5.02 Å². The van der Waals surface area contributed by atoms with Crippen molar-refractivity contribution < 1.29 is 17.9 Å². The Bertz CT molecular complexity index is 1820. The van der Waals surface area contributed by atoms with E-state index in [1.165, 1.54) is 24.8 Å². The predicted octanol–water partition coefficient (Wildman–Crippen LogP) is 4.88. The molecule has 0 amide bonds. The van der Waals surface area contributed by atoms with Gasteiger partial charge in [0.2, 0.25) is 5.88 Å². The van der Waals surface area contributed by atoms with Crippen molar-refractivity contribution in [3.8, 4) is 17.1 Å². The minimum Gasteiger partial charge on any atom is -0.480 e. The van der Waals surface area contributed by atoms with E-state index in [0.29, 0.717) is 34.7 Å². The number of fused-ring (bicyclic) bond motifs is 1. The number of anilines is 2. The van der Waals surface area contributed by atoms with Gasteiger partial charge >= 0.3 is 0 Å². The minimum absolute atomic E-state index is 0.0502. The molecule has 4 N–H and O–H groups in total. The minimum atomic E-state index is -3.99. The van der Waals surface area contributed by atoms with E-state index >= 15 is 0 Å². The number of nitrogens with one attached hydrogen (secondary N) is 2. The molecule has 226 valence electrons. The highest BCUT2D eigenvalue weighted by molar-refractivity contribution is 7.92. The zero-order valence-electron chi connectivity index (χ0n) is 24.2. The second-order valence-corrected chi connectivity index (χ2v) is 13.1. The number of methoxy groups -OCH3 is 1. The van der Waals surface area contributed by atoms with Gasteiger partial charge in [-0.05, 0) is 49.1 Å². The summed E-state index contributed by atoms with van der Waals surface area (Å²) in [6.07, 6.45) is 6.91. The Kier molecular flexibility index (Phi) is 8.03. The molecule has 0 saturated carbocycles. The largest absolute Gasteiger partial charge is 0.480 e. The zero-order chi connectivity index (χ0) is 30.3. The molecule has 6 rings (SSSR count).